The van der Waals surface area contributed by atoms with E-state index in [2.05, 4.69) is 29.2 Å². The number of amides is 1. The van der Waals surface area contributed by atoms with E-state index in [9.17, 15) is 4.79 Å². The third kappa shape index (κ3) is 4.18. The van der Waals surface area contributed by atoms with Crippen LogP contribution in [0.1, 0.15) is 51.2 Å². The molecule has 0 aliphatic carbocycles. The SMILES string of the molecule is CC(N)CC(=O)NC1CCc2nc(C(C)C)nn2C1.Cl. The van der Waals surface area contributed by atoms with Gasteiger partial charge < -0.3 is 11.1 Å². The molecule has 2 rings (SSSR count). The van der Waals surface area contributed by atoms with Crippen LogP contribution in [0.3, 0.4) is 0 Å². The summed E-state index contributed by atoms with van der Waals surface area (Å²) < 4.78 is 1.93. The fourth-order valence-electron chi connectivity index (χ4n) is 2.27. The lowest BCUT2D eigenvalue weighted by atomic mass is 10.1. The lowest BCUT2D eigenvalue weighted by Gasteiger charge is -2.23. The van der Waals surface area contributed by atoms with Gasteiger partial charge in [0, 0.05) is 30.8 Å². The summed E-state index contributed by atoms with van der Waals surface area (Å²) in [5.74, 6) is 2.27. The van der Waals surface area contributed by atoms with Gasteiger partial charge in [0.05, 0.1) is 6.54 Å². The van der Waals surface area contributed by atoms with Crippen molar-refractivity contribution in [3.8, 4) is 0 Å². The zero-order chi connectivity index (χ0) is 14.0. The molecule has 2 atom stereocenters. The fraction of sp³-hybridized carbons (Fsp3) is 0.769. The molecule has 114 valence electrons. The van der Waals surface area contributed by atoms with Crippen molar-refractivity contribution in [3.63, 3.8) is 0 Å². The maximum absolute atomic E-state index is 11.7. The topological polar surface area (TPSA) is 85.8 Å². The van der Waals surface area contributed by atoms with Gasteiger partial charge in [-0.2, -0.15) is 5.10 Å². The number of hydrogen-bond acceptors (Lipinski definition) is 4. The van der Waals surface area contributed by atoms with Gasteiger partial charge in [-0.05, 0) is 13.3 Å². The van der Waals surface area contributed by atoms with Crippen molar-refractivity contribution in [2.24, 2.45) is 5.73 Å². The molecule has 0 aromatic carbocycles. The molecule has 0 spiro atoms. The average molecular weight is 302 g/mol. The van der Waals surface area contributed by atoms with E-state index in [-0.39, 0.29) is 30.4 Å². The average Bonchev–Trinajstić information content (AvgIpc) is 2.70. The van der Waals surface area contributed by atoms with Crippen LogP contribution in [-0.2, 0) is 17.8 Å². The lowest BCUT2D eigenvalue weighted by Crippen LogP contribution is -2.42. The Balaban J connectivity index is 0.00000200. The predicted octanol–water partition coefficient (Wildman–Crippen LogP) is 0.992. The zero-order valence-corrected chi connectivity index (χ0v) is 13.1. The Morgan fingerprint density at radius 2 is 2.20 bits per heavy atom. The van der Waals surface area contributed by atoms with E-state index >= 15 is 0 Å². The van der Waals surface area contributed by atoms with Crippen LogP contribution >= 0.6 is 12.4 Å². The van der Waals surface area contributed by atoms with E-state index in [0.29, 0.717) is 18.9 Å². The number of carbonyl (C=O) groups excluding carboxylic acids is 1. The van der Waals surface area contributed by atoms with Crippen molar-refractivity contribution in [2.75, 3.05) is 0 Å². The Kier molecular flexibility index (Phi) is 5.95. The first-order valence-corrected chi connectivity index (χ1v) is 6.94. The van der Waals surface area contributed by atoms with Gasteiger partial charge in [0.25, 0.3) is 0 Å². The summed E-state index contributed by atoms with van der Waals surface area (Å²) in [7, 11) is 0. The van der Waals surface area contributed by atoms with Gasteiger partial charge in [-0.1, -0.05) is 13.8 Å². The van der Waals surface area contributed by atoms with Crippen LogP contribution in [0.5, 0.6) is 0 Å². The summed E-state index contributed by atoms with van der Waals surface area (Å²) in [5.41, 5.74) is 5.62. The Morgan fingerprint density at radius 3 is 2.80 bits per heavy atom. The fourth-order valence-corrected chi connectivity index (χ4v) is 2.27. The van der Waals surface area contributed by atoms with Gasteiger partial charge in [-0.15, -0.1) is 12.4 Å². The van der Waals surface area contributed by atoms with Crippen molar-refractivity contribution in [2.45, 2.75) is 64.6 Å². The molecular formula is C13H24ClN5O. The molecule has 0 saturated heterocycles. The van der Waals surface area contributed by atoms with Crippen LogP contribution in [-0.4, -0.2) is 32.8 Å². The first-order valence-electron chi connectivity index (χ1n) is 6.94. The van der Waals surface area contributed by atoms with Gasteiger partial charge in [-0.25, -0.2) is 9.67 Å². The van der Waals surface area contributed by atoms with E-state index in [1.54, 1.807) is 0 Å². The van der Waals surface area contributed by atoms with E-state index in [4.69, 9.17) is 5.73 Å². The molecule has 0 fully saturated rings. The van der Waals surface area contributed by atoms with Crippen LogP contribution in [0.15, 0.2) is 0 Å². The molecule has 0 bridgehead atoms. The molecule has 1 amide bonds. The number of nitrogens with one attached hydrogen (secondary N) is 1. The molecule has 0 saturated carbocycles. The highest BCUT2D eigenvalue weighted by molar-refractivity contribution is 5.85. The second-order valence-electron chi connectivity index (χ2n) is 5.71. The molecular weight excluding hydrogens is 278 g/mol. The summed E-state index contributed by atoms with van der Waals surface area (Å²) in [6.07, 6.45) is 2.15. The van der Waals surface area contributed by atoms with Crippen LogP contribution in [0, 0.1) is 0 Å². The van der Waals surface area contributed by atoms with Crippen molar-refractivity contribution in [1.29, 1.82) is 0 Å². The largest absolute Gasteiger partial charge is 0.351 e. The Bertz CT molecular complexity index is 458. The first-order chi connectivity index (χ1) is 8.95. The quantitative estimate of drug-likeness (QED) is 0.868. The molecule has 20 heavy (non-hydrogen) atoms. The van der Waals surface area contributed by atoms with Crippen molar-refractivity contribution >= 4 is 18.3 Å². The van der Waals surface area contributed by atoms with Crippen molar-refractivity contribution in [1.82, 2.24) is 20.1 Å². The predicted molar refractivity (Wildman–Crippen MR) is 79.9 cm³/mol. The second-order valence-corrected chi connectivity index (χ2v) is 5.71. The normalized spacial score (nSPS) is 19.1. The molecule has 2 heterocycles. The van der Waals surface area contributed by atoms with Crippen molar-refractivity contribution < 1.29 is 4.79 Å². The maximum atomic E-state index is 11.7. The highest BCUT2D eigenvalue weighted by Crippen LogP contribution is 2.17. The van der Waals surface area contributed by atoms with Crippen LogP contribution in [0.25, 0.3) is 0 Å². The number of hydrogen-bond donors (Lipinski definition) is 2. The molecule has 6 nitrogen and oxygen atoms in total. The summed E-state index contributed by atoms with van der Waals surface area (Å²) in [6, 6.07) is 0.0403. The van der Waals surface area contributed by atoms with E-state index in [0.717, 1.165) is 24.5 Å². The molecule has 0 radical (unpaired) electrons. The molecule has 1 aliphatic rings. The molecule has 3 N–H and O–H groups in total. The molecule has 1 aromatic heterocycles. The molecule has 1 aliphatic heterocycles. The third-order valence-electron chi connectivity index (χ3n) is 3.26. The standard InChI is InChI=1S/C13H23N5O.ClH/c1-8(2)13-16-11-5-4-10(7-18(11)17-13)15-12(19)6-9(3)14;/h8-10H,4-7,14H2,1-3H3,(H,15,19);1H. The summed E-state index contributed by atoms with van der Waals surface area (Å²) in [4.78, 5) is 16.2. The van der Waals surface area contributed by atoms with E-state index in [1.165, 1.54) is 0 Å². The van der Waals surface area contributed by atoms with Gasteiger partial charge in [0.1, 0.15) is 5.82 Å². The highest BCUT2D eigenvalue weighted by Gasteiger charge is 2.23. The zero-order valence-electron chi connectivity index (χ0n) is 12.3. The Morgan fingerprint density at radius 1 is 1.50 bits per heavy atom. The third-order valence-corrected chi connectivity index (χ3v) is 3.26. The number of aryl methyl sites for hydroxylation is 1. The number of nitrogens with two attached hydrogens (primary N) is 1. The van der Waals surface area contributed by atoms with Gasteiger partial charge in [0.2, 0.25) is 5.91 Å². The second kappa shape index (κ2) is 7.04. The minimum Gasteiger partial charge on any atom is -0.351 e. The number of rotatable bonds is 4. The maximum Gasteiger partial charge on any atom is 0.221 e. The molecule has 2 unspecified atom stereocenters. The van der Waals surface area contributed by atoms with Gasteiger partial charge in [0.15, 0.2) is 5.82 Å². The lowest BCUT2D eigenvalue weighted by molar-refractivity contribution is -0.122. The monoisotopic (exact) mass is 301 g/mol. The van der Waals surface area contributed by atoms with Gasteiger partial charge >= 0.3 is 0 Å². The minimum absolute atomic E-state index is 0. The smallest absolute Gasteiger partial charge is 0.221 e. The summed E-state index contributed by atoms with van der Waals surface area (Å²) in [6.45, 7) is 6.72. The number of nitrogens with zero attached hydrogens (tertiary/aromatic N) is 3. The Hall–Kier alpha value is -1.14. The summed E-state index contributed by atoms with van der Waals surface area (Å²) >= 11 is 0. The molecule has 7 heteroatoms. The minimum atomic E-state index is -0.0990. The van der Waals surface area contributed by atoms with E-state index < -0.39 is 0 Å². The van der Waals surface area contributed by atoms with Crippen molar-refractivity contribution in [3.05, 3.63) is 11.6 Å². The highest BCUT2D eigenvalue weighted by atomic mass is 35.5. The Labute approximate surface area is 125 Å². The number of fused-ring (bicyclic) bond motifs is 1. The van der Waals surface area contributed by atoms with E-state index in [1.807, 2.05) is 11.6 Å². The number of carbonyl (C=O) groups is 1. The number of aromatic nitrogens is 3. The number of halogens is 1. The van der Waals surface area contributed by atoms with Crippen LogP contribution < -0.4 is 11.1 Å². The van der Waals surface area contributed by atoms with Crippen LogP contribution in [0.2, 0.25) is 0 Å². The summed E-state index contributed by atoms with van der Waals surface area (Å²) in [5, 5.41) is 7.52. The first kappa shape index (κ1) is 16.9. The molecule has 1 aromatic rings. The van der Waals surface area contributed by atoms with Gasteiger partial charge in [-0.3, -0.25) is 4.79 Å². The van der Waals surface area contributed by atoms with Crippen LogP contribution in [0.4, 0.5) is 0 Å².